The van der Waals surface area contributed by atoms with Gasteiger partial charge >= 0.3 is 6.36 Å². The predicted molar refractivity (Wildman–Crippen MR) is 45.9 cm³/mol. The molecule has 1 aliphatic carbocycles. The third-order valence-electron chi connectivity index (χ3n) is 2.58. The van der Waals surface area contributed by atoms with E-state index in [-0.39, 0.29) is 18.4 Å². The molecule has 0 radical (unpaired) electrons. The molecule has 1 rings (SSSR count). The number of halogens is 3. The Hall–Kier alpha value is -0.870. The van der Waals surface area contributed by atoms with Crippen molar-refractivity contribution < 1.29 is 22.7 Å². The van der Waals surface area contributed by atoms with Crippen LogP contribution in [0.4, 0.5) is 13.2 Å². The first-order chi connectivity index (χ1) is 6.92. The molecule has 1 saturated carbocycles. The van der Waals surface area contributed by atoms with Gasteiger partial charge in [0.1, 0.15) is 0 Å². The van der Waals surface area contributed by atoms with E-state index in [0.29, 0.717) is 12.8 Å². The highest BCUT2D eigenvalue weighted by molar-refractivity contribution is 5.33. The number of ether oxygens (including phenoxy) is 1. The summed E-state index contributed by atoms with van der Waals surface area (Å²) in [5, 5.41) is 0. The predicted octanol–water partition coefficient (Wildman–Crippen LogP) is 2.42. The fourth-order valence-corrected chi connectivity index (χ4v) is 1.88. The number of aliphatic imine (C=N–C) groups is 1. The zero-order valence-corrected chi connectivity index (χ0v) is 8.25. The van der Waals surface area contributed by atoms with E-state index in [0.717, 1.165) is 0 Å². The summed E-state index contributed by atoms with van der Waals surface area (Å²) in [6.45, 7) is 1.67. The zero-order valence-electron chi connectivity index (χ0n) is 8.25. The van der Waals surface area contributed by atoms with Crippen molar-refractivity contribution in [3.05, 3.63) is 0 Å². The number of rotatable bonds is 2. The lowest BCUT2D eigenvalue weighted by atomic mass is 9.85. The van der Waals surface area contributed by atoms with E-state index in [1.807, 2.05) is 0 Å². The van der Waals surface area contributed by atoms with Gasteiger partial charge in [-0.15, -0.1) is 13.2 Å². The first-order valence-corrected chi connectivity index (χ1v) is 4.74. The van der Waals surface area contributed by atoms with Crippen molar-refractivity contribution in [3.63, 3.8) is 0 Å². The molecule has 0 aliphatic heterocycles. The molecule has 0 aromatic rings. The van der Waals surface area contributed by atoms with Crippen molar-refractivity contribution >= 4 is 6.08 Å². The van der Waals surface area contributed by atoms with Crippen LogP contribution in [0.15, 0.2) is 4.99 Å². The van der Waals surface area contributed by atoms with Crippen LogP contribution < -0.4 is 0 Å². The molecule has 1 aliphatic rings. The monoisotopic (exact) mass is 223 g/mol. The largest absolute Gasteiger partial charge is 0.522 e. The highest BCUT2D eigenvalue weighted by atomic mass is 19.4. The third-order valence-corrected chi connectivity index (χ3v) is 2.58. The highest BCUT2D eigenvalue weighted by Crippen LogP contribution is 2.32. The average Bonchev–Trinajstić information content (AvgIpc) is 2.08. The maximum absolute atomic E-state index is 12.0. The van der Waals surface area contributed by atoms with Crippen molar-refractivity contribution in [2.75, 3.05) is 0 Å². The van der Waals surface area contributed by atoms with Gasteiger partial charge in [-0.2, -0.15) is 0 Å². The molecular weight excluding hydrogens is 211 g/mol. The molecule has 15 heavy (non-hydrogen) atoms. The van der Waals surface area contributed by atoms with Crippen molar-refractivity contribution in [3.8, 4) is 0 Å². The van der Waals surface area contributed by atoms with Crippen LogP contribution in [0.5, 0.6) is 0 Å². The third kappa shape index (κ3) is 4.01. The lowest BCUT2D eigenvalue weighted by molar-refractivity contribution is -0.350. The Labute approximate surface area is 85.3 Å². The molecular formula is C9H12F3NO2. The maximum Gasteiger partial charge on any atom is 0.522 e. The molecule has 0 saturated heterocycles. The van der Waals surface area contributed by atoms with Crippen LogP contribution in [0.25, 0.3) is 0 Å². The minimum absolute atomic E-state index is 0.203. The van der Waals surface area contributed by atoms with E-state index in [1.165, 1.54) is 6.08 Å². The molecule has 86 valence electrons. The van der Waals surface area contributed by atoms with Crippen LogP contribution in [-0.4, -0.2) is 24.6 Å². The van der Waals surface area contributed by atoms with Crippen molar-refractivity contribution in [2.24, 2.45) is 10.9 Å². The number of alkyl halides is 3. The Morgan fingerprint density at radius 1 is 1.40 bits per heavy atom. The van der Waals surface area contributed by atoms with Gasteiger partial charge in [0.15, 0.2) is 0 Å². The van der Waals surface area contributed by atoms with Crippen molar-refractivity contribution in [2.45, 2.75) is 44.7 Å². The normalized spacial score (nSPS) is 32.1. The van der Waals surface area contributed by atoms with Gasteiger partial charge < -0.3 is 0 Å². The van der Waals surface area contributed by atoms with Gasteiger partial charge in [0.25, 0.3) is 0 Å². The molecule has 3 unspecified atom stereocenters. The van der Waals surface area contributed by atoms with Crippen LogP contribution in [-0.2, 0) is 9.53 Å². The Balaban J connectivity index is 2.49. The lowest BCUT2D eigenvalue weighted by Crippen LogP contribution is -2.35. The quantitative estimate of drug-likeness (QED) is 0.532. The van der Waals surface area contributed by atoms with E-state index < -0.39 is 12.5 Å². The Morgan fingerprint density at radius 3 is 2.53 bits per heavy atom. The second kappa shape index (κ2) is 4.77. The summed E-state index contributed by atoms with van der Waals surface area (Å²) >= 11 is 0. The minimum atomic E-state index is -4.58. The molecule has 0 spiro atoms. The summed E-state index contributed by atoms with van der Waals surface area (Å²) in [5.41, 5.74) is 0. The topological polar surface area (TPSA) is 38.7 Å². The second-order valence-electron chi connectivity index (χ2n) is 3.77. The zero-order chi connectivity index (χ0) is 11.5. The van der Waals surface area contributed by atoms with Gasteiger partial charge in [0.05, 0.1) is 12.1 Å². The summed E-state index contributed by atoms with van der Waals surface area (Å²) in [5.74, 6) is -0.248. The van der Waals surface area contributed by atoms with Crippen molar-refractivity contribution in [1.29, 1.82) is 0 Å². The Bertz CT molecular complexity index is 261. The van der Waals surface area contributed by atoms with Crippen LogP contribution in [0.1, 0.15) is 26.2 Å². The minimum Gasteiger partial charge on any atom is -0.288 e. The molecule has 3 atom stereocenters. The standard InChI is InChI=1S/C9H12F3NO2/c1-6-4-7(13-5-14)2-3-8(6)15-9(10,11)12/h6-8H,2-4H2,1H3. The fraction of sp³-hybridized carbons (Fsp3) is 0.889. The van der Waals surface area contributed by atoms with E-state index in [4.69, 9.17) is 0 Å². The summed E-state index contributed by atoms with van der Waals surface area (Å²) in [6.07, 6.45) is -2.81. The molecule has 0 aromatic heterocycles. The number of carbonyl (C=O) groups excluding carboxylic acids is 1. The van der Waals surface area contributed by atoms with Gasteiger partial charge in [0.2, 0.25) is 6.08 Å². The maximum atomic E-state index is 12.0. The van der Waals surface area contributed by atoms with Crippen LogP contribution in [0.3, 0.4) is 0 Å². The molecule has 3 nitrogen and oxygen atoms in total. The molecule has 0 heterocycles. The summed E-state index contributed by atoms with van der Waals surface area (Å²) in [6, 6.07) is -0.203. The Kier molecular flexibility index (Phi) is 3.88. The highest BCUT2D eigenvalue weighted by Gasteiger charge is 2.38. The molecule has 0 bridgehead atoms. The smallest absolute Gasteiger partial charge is 0.288 e. The second-order valence-corrected chi connectivity index (χ2v) is 3.77. The van der Waals surface area contributed by atoms with Crippen molar-refractivity contribution in [1.82, 2.24) is 0 Å². The summed E-state index contributed by atoms with van der Waals surface area (Å²) < 4.78 is 39.8. The van der Waals surface area contributed by atoms with E-state index in [1.54, 1.807) is 6.92 Å². The van der Waals surface area contributed by atoms with Gasteiger partial charge in [0, 0.05) is 0 Å². The van der Waals surface area contributed by atoms with Gasteiger partial charge in [-0.1, -0.05) is 6.92 Å². The number of hydrogen-bond donors (Lipinski definition) is 0. The Morgan fingerprint density at radius 2 is 2.07 bits per heavy atom. The lowest BCUT2D eigenvalue weighted by Gasteiger charge is -2.31. The molecule has 0 amide bonds. The molecule has 0 aromatic carbocycles. The first-order valence-electron chi connectivity index (χ1n) is 4.74. The van der Waals surface area contributed by atoms with Gasteiger partial charge in [-0.25, -0.2) is 9.79 Å². The summed E-state index contributed by atoms with van der Waals surface area (Å²) in [4.78, 5) is 13.5. The van der Waals surface area contributed by atoms with E-state index in [2.05, 4.69) is 9.73 Å². The van der Waals surface area contributed by atoms with E-state index >= 15 is 0 Å². The van der Waals surface area contributed by atoms with Crippen LogP contribution in [0.2, 0.25) is 0 Å². The van der Waals surface area contributed by atoms with Crippen LogP contribution >= 0.6 is 0 Å². The summed E-state index contributed by atoms with van der Waals surface area (Å²) in [7, 11) is 0. The first kappa shape index (κ1) is 12.2. The van der Waals surface area contributed by atoms with Gasteiger partial charge in [-0.05, 0) is 25.2 Å². The average molecular weight is 223 g/mol. The van der Waals surface area contributed by atoms with E-state index in [9.17, 15) is 18.0 Å². The number of hydrogen-bond acceptors (Lipinski definition) is 3. The molecule has 0 N–H and O–H groups in total. The fourth-order valence-electron chi connectivity index (χ4n) is 1.88. The van der Waals surface area contributed by atoms with Crippen LogP contribution in [0, 0.1) is 5.92 Å². The SMILES string of the molecule is CC1CC(N=C=O)CCC1OC(F)(F)F. The molecule has 1 fully saturated rings. The number of isocyanates is 1. The van der Waals surface area contributed by atoms with Gasteiger partial charge in [-0.3, -0.25) is 4.74 Å². The number of nitrogens with zero attached hydrogens (tertiary/aromatic N) is 1. The molecule has 6 heteroatoms.